The molecule has 18 heavy (non-hydrogen) atoms. The monoisotopic (exact) mass is 247 g/mol. The van der Waals surface area contributed by atoms with E-state index >= 15 is 0 Å². The summed E-state index contributed by atoms with van der Waals surface area (Å²) in [7, 11) is 0. The first-order valence-electron chi connectivity index (χ1n) is 6.64. The van der Waals surface area contributed by atoms with E-state index in [2.05, 4.69) is 38.1 Å². The molecule has 98 valence electrons. The second kappa shape index (κ2) is 5.89. The number of rotatable bonds is 5. The average molecular weight is 247 g/mol. The Morgan fingerprint density at radius 1 is 1.33 bits per heavy atom. The highest BCUT2D eigenvalue weighted by molar-refractivity contribution is 5.70. The van der Waals surface area contributed by atoms with Gasteiger partial charge in [0.05, 0.1) is 6.04 Å². The Morgan fingerprint density at radius 2 is 2.06 bits per heavy atom. The van der Waals surface area contributed by atoms with Crippen molar-refractivity contribution in [3.63, 3.8) is 0 Å². The van der Waals surface area contributed by atoms with E-state index in [0.717, 1.165) is 19.4 Å². The molecule has 0 radical (unpaired) electrons. The minimum Gasteiger partial charge on any atom is -0.447 e. The molecule has 1 aromatic rings. The first kappa shape index (κ1) is 12.9. The highest BCUT2D eigenvalue weighted by Gasteiger charge is 2.32. The van der Waals surface area contributed by atoms with Crippen molar-refractivity contribution >= 4 is 6.09 Å². The van der Waals surface area contributed by atoms with Gasteiger partial charge in [-0.25, -0.2) is 4.79 Å². The molecule has 1 aliphatic rings. The molecule has 1 atom stereocenters. The average Bonchev–Trinajstić information content (AvgIpc) is 2.69. The number of cyclic esters (lactones) is 1. The van der Waals surface area contributed by atoms with Gasteiger partial charge in [0.1, 0.15) is 6.61 Å². The second-order valence-corrected chi connectivity index (χ2v) is 5.30. The van der Waals surface area contributed by atoms with Crippen LogP contribution in [0.15, 0.2) is 30.3 Å². The number of aryl methyl sites for hydroxylation is 1. The lowest BCUT2D eigenvalue weighted by Gasteiger charge is -2.23. The standard InChI is InChI=1S/C15H21NO2/c1-12(2)10-16-14(11-18-15(16)17)9-8-13-6-4-3-5-7-13/h3-7,12,14H,8-11H2,1-2H3/t14-/m0/s1. The Hall–Kier alpha value is -1.51. The van der Waals surface area contributed by atoms with Crippen LogP contribution < -0.4 is 0 Å². The van der Waals surface area contributed by atoms with Crippen LogP contribution in [0.5, 0.6) is 0 Å². The van der Waals surface area contributed by atoms with Gasteiger partial charge in [-0.2, -0.15) is 0 Å². The Bertz CT molecular complexity index is 389. The quantitative estimate of drug-likeness (QED) is 0.800. The molecule has 1 saturated heterocycles. The molecule has 0 aliphatic carbocycles. The number of hydrogen-bond donors (Lipinski definition) is 0. The molecule has 0 aromatic heterocycles. The van der Waals surface area contributed by atoms with Crippen LogP contribution >= 0.6 is 0 Å². The third-order valence-electron chi connectivity index (χ3n) is 3.25. The van der Waals surface area contributed by atoms with Gasteiger partial charge in [-0.05, 0) is 24.3 Å². The zero-order chi connectivity index (χ0) is 13.0. The molecule has 0 unspecified atom stereocenters. The molecule has 0 saturated carbocycles. The van der Waals surface area contributed by atoms with Gasteiger partial charge in [0.2, 0.25) is 0 Å². The van der Waals surface area contributed by atoms with Gasteiger partial charge in [0.25, 0.3) is 0 Å². The van der Waals surface area contributed by atoms with Gasteiger partial charge in [0, 0.05) is 6.54 Å². The molecule has 1 aliphatic heterocycles. The van der Waals surface area contributed by atoms with Crippen molar-refractivity contribution in [3.8, 4) is 0 Å². The number of carbonyl (C=O) groups is 1. The Labute approximate surface area is 109 Å². The van der Waals surface area contributed by atoms with E-state index in [0.29, 0.717) is 12.5 Å². The summed E-state index contributed by atoms with van der Waals surface area (Å²) in [5.41, 5.74) is 1.32. The molecular formula is C15H21NO2. The first-order valence-corrected chi connectivity index (χ1v) is 6.64. The molecule has 1 heterocycles. The lowest BCUT2D eigenvalue weighted by atomic mass is 10.0. The number of carbonyl (C=O) groups excluding carboxylic acids is 1. The molecule has 0 spiro atoms. The Morgan fingerprint density at radius 3 is 2.72 bits per heavy atom. The SMILES string of the molecule is CC(C)CN1C(=O)OC[C@@H]1CCc1ccccc1. The van der Waals surface area contributed by atoms with Crippen molar-refractivity contribution in [1.82, 2.24) is 4.90 Å². The number of ether oxygens (including phenoxy) is 1. The van der Waals surface area contributed by atoms with Gasteiger partial charge >= 0.3 is 6.09 Å². The van der Waals surface area contributed by atoms with Crippen LogP contribution in [0.3, 0.4) is 0 Å². The fourth-order valence-corrected chi connectivity index (χ4v) is 2.32. The summed E-state index contributed by atoms with van der Waals surface area (Å²) in [5.74, 6) is 0.481. The predicted molar refractivity (Wildman–Crippen MR) is 71.4 cm³/mol. The Kier molecular flexibility index (Phi) is 4.24. The van der Waals surface area contributed by atoms with Crippen LogP contribution in [-0.2, 0) is 11.2 Å². The van der Waals surface area contributed by atoms with Crippen LogP contribution in [0.1, 0.15) is 25.8 Å². The lowest BCUT2D eigenvalue weighted by Crippen LogP contribution is -2.36. The first-order chi connectivity index (χ1) is 8.66. The molecule has 3 nitrogen and oxygen atoms in total. The number of benzene rings is 1. The van der Waals surface area contributed by atoms with E-state index in [1.54, 1.807) is 0 Å². The van der Waals surface area contributed by atoms with E-state index in [4.69, 9.17) is 4.74 Å². The summed E-state index contributed by atoms with van der Waals surface area (Å²) in [6, 6.07) is 10.6. The molecular weight excluding hydrogens is 226 g/mol. The van der Waals surface area contributed by atoms with Crippen molar-refractivity contribution in [1.29, 1.82) is 0 Å². The van der Waals surface area contributed by atoms with Gasteiger partial charge in [-0.1, -0.05) is 44.2 Å². The topological polar surface area (TPSA) is 29.5 Å². The summed E-state index contributed by atoms with van der Waals surface area (Å²) >= 11 is 0. The molecule has 3 heteroatoms. The molecule has 1 aromatic carbocycles. The number of hydrogen-bond acceptors (Lipinski definition) is 2. The van der Waals surface area contributed by atoms with Crippen molar-refractivity contribution in [2.75, 3.05) is 13.2 Å². The fraction of sp³-hybridized carbons (Fsp3) is 0.533. The maximum absolute atomic E-state index is 11.6. The fourth-order valence-electron chi connectivity index (χ4n) is 2.32. The summed E-state index contributed by atoms with van der Waals surface area (Å²) < 4.78 is 5.15. The van der Waals surface area contributed by atoms with Crippen LogP contribution in [0.4, 0.5) is 4.79 Å². The zero-order valence-corrected chi connectivity index (χ0v) is 11.1. The summed E-state index contributed by atoms with van der Waals surface area (Å²) in [4.78, 5) is 13.5. The molecule has 0 N–H and O–H groups in total. The van der Waals surface area contributed by atoms with E-state index in [9.17, 15) is 4.79 Å². The van der Waals surface area contributed by atoms with Crippen molar-refractivity contribution in [2.45, 2.75) is 32.7 Å². The zero-order valence-electron chi connectivity index (χ0n) is 11.1. The van der Waals surface area contributed by atoms with Crippen LogP contribution in [0.2, 0.25) is 0 Å². The van der Waals surface area contributed by atoms with Crippen LogP contribution in [0, 0.1) is 5.92 Å². The van der Waals surface area contributed by atoms with E-state index in [-0.39, 0.29) is 12.1 Å². The van der Waals surface area contributed by atoms with Gasteiger partial charge in [-0.3, -0.25) is 0 Å². The van der Waals surface area contributed by atoms with Gasteiger partial charge < -0.3 is 9.64 Å². The third kappa shape index (κ3) is 3.25. The highest BCUT2D eigenvalue weighted by atomic mass is 16.6. The van der Waals surface area contributed by atoms with Crippen LogP contribution in [0.25, 0.3) is 0 Å². The minimum absolute atomic E-state index is 0.151. The third-order valence-corrected chi connectivity index (χ3v) is 3.25. The summed E-state index contributed by atoms with van der Waals surface area (Å²) in [6.07, 6.45) is 1.82. The lowest BCUT2D eigenvalue weighted by molar-refractivity contribution is 0.154. The number of nitrogens with zero attached hydrogens (tertiary/aromatic N) is 1. The van der Waals surface area contributed by atoms with E-state index in [1.807, 2.05) is 11.0 Å². The molecule has 1 amide bonds. The largest absolute Gasteiger partial charge is 0.447 e. The highest BCUT2D eigenvalue weighted by Crippen LogP contribution is 2.19. The Balaban J connectivity index is 1.90. The second-order valence-electron chi connectivity index (χ2n) is 5.30. The predicted octanol–water partition coefficient (Wildman–Crippen LogP) is 3.10. The molecule has 2 rings (SSSR count). The maximum atomic E-state index is 11.6. The molecule has 0 bridgehead atoms. The normalized spacial score (nSPS) is 19.4. The van der Waals surface area contributed by atoms with Gasteiger partial charge in [0.15, 0.2) is 0 Å². The van der Waals surface area contributed by atoms with Crippen molar-refractivity contribution in [3.05, 3.63) is 35.9 Å². The van der Waals surface area contributed by atoms with Crippen molar-refractivity contribution in [2.24, 2.45) is 5.92 Å². The van der Waals surface area contributed by atoms with Gasteiger partial charge in [-0.15, -0.1) is 0 Å². The summed E-state index contributed by atoms with van der Waals surface area (Å²) in [5, 5.41) is 0. The molecule has 1 fully saturated rings. The smallest absolute Gasteiger partial charge is 0.410 e. The van der Waals surface area contributed by atoms with Crippen molar-refractivity contribution < 1.29 is 9.53 Å². The van der Waals surface area contributed by atoms with E-state index in [1.165, 1.54) is 5.56 Å². The van der Waals surface area contributed by atoms with Crippen LogP contribution in [-0.4, -0.2) is 30.2 Å². The number of amides is 1. The minimum atomic E-state index is -0.151. The summed E-state index contributed by atoms with van der Waals surface area (Å²) in [6.45, 7) is 5.58. The van der Waals surface area contributed by atoms with E-state index < -0.39 is 0 Å². The maximum Gasteiger partial charge on any atom is 0.410 e.